The summed E-state index contributed by atoms with van der Waals surface area (Å²) in [4.78, 5) is 28.5. The summed E-state index contributed by atoms with van der Waals surface area (Å²) in [6.45, 7) is 2.12. The molecule has 1 aliphatic rings. The van der Waals surface area contributed by atoms with Gasteiger partial charge < -0.3 is 14.5 Å². The Kier molecular flexibility index (Phi) is 6.29. The van der Waals surface area contributed by atoms with Crippen LogP contribution in [-0.2, 0) is 4.79 Å². The number of hydrogen-bond acceptors (Lipinski definition) is 3. The van der Waals surface area contributed by atoms with Crippen LogP contribution in [0.3, 0.4) is 0 Å². The second-order valence-electron chi connectivity index (χ2n) is 6.20. The molecule has 0 unspecified atom stereocenters. The van der Waals surface area contributed by atoms with Gasteiger partial charge in [0.2, 0.25) is 5.91 Å². The second-order valence-corrected chi connectivity index (χ2v) is 7.12. The van der Waals surface area contributed by atoms with Crippen LogP contribution in [0.2, 0.25) is 0 Å². The maximum atomic E-state index is 12.5. The van der Waals surface area contributed by atoms with Gasteiger partial charge in [0.25, 0.3) is 5.91 Å². The molecule has 140 valence electrons. The number of amides is 2. The Morgan fingerprint density at radius 1 is 1.00 bits per heavy atom. The third kappa shape index (κ3) is 4.77. The number of nitrogens with zero attached hydrogens (tertiary/aromatic N) is 2. The topological polar surface area (TPSA) is 49.9 Å². The predicted octanol–water partition coefficient (Wildman–Crippen LogP) is 3.46. The lowest BCUT2D eigenvalue weighted by molar-refractivity contribution is -0.127. The third-order valence-electron chi connectivity index (χ3n) is 4.50. The summed E-state index contributed by atoms with van der Waals surface area (Å²) in [5.74, 6) is 0.654. The van der Waals surface area contributed by atoms with Gasteiger partial charge in [-0.25, -0.2) is 0 Å². The molecule has 3 rings (SSSR count). The van der Waals surface area contributed by atoms with E-state index in [1.54, 1.807) is 29.1 Å². The van der Waals surface area contributed by atoms with E-state index in [4.69, 9.17) is 4.74 Å². The zero-order valence-corrected chi connectivity index (χ0v) is 16.7. The Hall–Kier alpha value is -2.60. The van der Waals surface area contributed by atoms with Gasteiger partial charge in [-0.15, -0.1) is 0 Å². The van der Waals surface area contributed by atoms with Crippen molar-refractivity contribution in [2.24, 2.45) is 0 Å². The average Bonchev–Trinajstić information content (AvgIpc) is 2.72. The highest BCUT2D eigenvalue weighted by molar-refractivity contribution is 9.10. The summed E-state index contributed by atoms with van der Waals surface area (Å²) in [6, 6.07) is 14.9. The standard InChI is InChI=1S/C21H21BrN2O3/c1-27-19-9-8-18(22)15-17(19)7-10-20(25)23-11-13-24(14-12-23)21(26)16-5-3-2-4-6-16/h2-10,15H,11-14H2,1H3/b10-7+. The van der Waals surface area contributed by atoms with Crippen molar-refractivity contribution in [3.05, 3.63) is 70.2 Å². The third-order valence-corrected chi connectivity index (χ3v) is 4.99. The summed E-state index contributed by atoms with van der Waals surface area (Å²) in [6.07, 6.45) is 3.31. The van der Waals surface area contributed by atoms with Crippen LogP contribution in [0.25, 0.3) is 6.08 Å². The number of halogens is 1. The van der Waals surface area contributed by atoms with Gasteiger partial charge in [0.1, 0.15) is 5.75 Å². The summed E-state index contributed by atoms with van der Waals surface area (Å²) in [5.41, 5.74) is 1.51. The predicted molar refractivity (Wildman–Crippen MR) is 109 cm³/mol. The maximum absolute atomic E-state index is 12.5. The summed E-state index contributed by atoms with van der Waals surface area (Å²) < 4.78 is 6.24. The number of benzene rings is 2. The molecule has 27 heavy (non-hydrogen) atoms. The highest BCUT2D eigenvalue weighted by Crippen LogP contribution is 2.24. The van der Waals surface area contributed by atoms with Gasteiger partial charge in [0, 0.05) is 47.9 Å². The number of ether oxygens (including phenoxy) is 1. The summed E-state index contributed by atoms with van der Waals surface area (Å²) in [5, 5.41) is 0. The van der Waals surface area contributed by atoms with E-state index in [0.717, 1.165) is 10.0 Å². The molecule has 0 N–H and O–H groups in total. The Morgan fingerprint density at radius 2 is 1.67 bits per heavy atom. The molecule has 0 aliphatic carbocycles. The van der Waals surface area contributed by atoms with Gasteiger partial charge >= 0.3 is 0 Å². The van der Waals surface area contributed by atoms with Crippen LogP contribution >= 0.6 is 15.9 Å². The summed E-state index contributed by atoms with van der Waals surface area (Å²) in [7, 11) is 1.60. The average molecular weight is 429 g/mol. The van der Waals surface area contributed by atoms with Crippen LogP contribution in [0, 0.1) is 0 Å². The molecule has 2 aromatic carbocycles. The van der Waals surface area contributed by atoms with Crippen molar-refractivity contribution in [1.29, 1.82) is 0 Å². The highest BCUT2D eigenvalue weighted by atomic mass is 79.9. The van der Waals surface area contributed by atoms with E-state index in [0.29, 0.717) is 37.5 Å². The van der Waals surface area contributed by atoms with E-state index in [2.05, 4.69) is 15.9 Å². The molecular formula is C21H21BrN2O3. The van der Waals surface area contributed by atoms with Gasteiger partial charge in [-0.05, 0) is 36.4 Å². The molecule has 1 aliphatic heterocycles. The van der Waals surface area contributed by atoms with Crippen molar-refractivity contribution in [2.75, 3.05) is 33.3 Å². The zero-order valence-electron chi connectivity index (χ0n) is 15.1. The van der Waals surface area contributed by atoms with Crippen molar-refractivity contribution >= 4 is 33.8 Å². The van der Waals surface area contributed by atoms with Gasteiger partial charge in [-0.2, -0.15) is 0 Å². The first-order valence-corrected chi connectivity index (χ1v) is 9.52. The lowest BCUT2D eigenvalue weighted by Crippen LogP contribution is -2.50. The molecule has 1 heterocycles. The second kappa shape index (κ2) is 8.86. The molecule has 0 spiro atoms. The first kappa shape index (κ1) is 19.2. The quantitative estimate of drug-likeness (QED) is 0.700. The number of carbonyl (C=O) groups is 2. The molecule has 0 aromatic heterocycles. The Balaban J connectivity index is 1.59. The largest absolute Gasteiger partial charge is 0.496 e. The normalized spacial score (nSPS) is 14.4. The van der Waals surface area contributed by atoms with Gasteiger partial charge in [-0.1, -0.05) is 34.1 Å². The zero-order chi connectivity index (χ0) is 19.2. The molecule has 2 aromatic rings. The molecule has 6 heteroatoms. The molecule has 0 atom stereocenters. The molecule has 2 amide bonds. The number of methoxy groups -OCH3 is 1. The first-order chi connectivity index (χ1) is 13.1. The Labute approximate surface area is 167 Å². The van der Waals surface area contributed by atoms with Crippen LogP contribution in [0.5, 0.6) is 5.75 Å². The maximum Gasteiger partial charge on any atom is 0.253 e. The van der Waals surface area contributed by atoms with Crippen molar-refractivity contribution in [1.82, 2.24) is 9.80 Å². The summed E-state index contributed by atoms with van der Waals surface area (Å²) >= 11 is 3.43. The van der Waals surface area contributed by atoms with Crippen LogP contribution in [0.1, 0.15) is 15.9 Å². The molecule has 1 saturated heterocycles. The van der Waals surface area contributed by atoms with Gasteiger partial charge in [0.15, 0.2) is 0 Å². The number of hydrogen-bond donors (Lipinski definition) is 0. The highest BCUT2D eigenvalue weighted by Gasteiger charge is 2.23. The molecule has 0 saturated carbocycles. The van der Waals surface area contributed by atoms with Gasteiger partial charge in [-0.3, -0.25) is 9.59 Å². The van der Waals surface area contributed by atoms with E-state index in [1.807, 2.05) is 48.5 Å². The molecular weight excluding hydrogens is 408 g/mol. The molecule has 5 nitrogen and oxygen atoms in total. The lowest BCUT2D eigenvalue weighted by Gasteiger charge is -2.34. The van der Waals surface area contributed by atoms with E-state index in [9.17, 15) is 9.59 Å². The van der Waals surface area contributed by atoms with Crippen LogP contribution < -0.4 is 4.74 Å². The number of rotatable bonds is 4. The minimum absolute atomic E-state index is 0.0112. The van der Waals surface area contributed by atoms with E-state index in [-0.39, 0.29) is 11.8 Å². The van der Waals surface area contributed by atoms with Crippen molar-refractivity contribution in [3.63, 3.8) is 0 Å². The minimum atomic E-state index is -0.0659. The fourth-order valence-corrected chi connectivity index (χ4v) is 3.37. The van der Waals surface area contributed by atoms with Crippen LogP contribution in [0.4, 0.5) is 0 Å². The van der Waals surface area contributed by atoms with Crippen molar-refractivity contribution < 1.29 is 14.3 Å². The number of carbonyl (C=O) groups excluding carboxylic acids is 2. The lowest BCUT2D eigenvalue weighted by atomic mass is 10.1. The van der Waals surface area contributed by atoms with Crippen LogP contribution in [-0.4, -0.2) is 54.9 Å². The van der Waals surface area contributed by atoms with E-state index in [1.165, 1.54) is 0 Å². The van der Waals surface area contributed by atoms with E-state index >= 15 is 0 Å². The first-order valence-electron chi connectivity index (χ1n) is 8.73. The fourth-order valence-electron chi connectivity index (χ4n) is 3.00. The molecule has 0 bridgehead atoms. The Bertz CT molecular complexity index is 844. The minimum Gasteiger partial charge on any atom is -0.496 e. The fraction of sp³-hybridized carbons (Fsp3) is 0.238. The van der Waals surface area contributed by atoms with Gasteiger partial charge in [0.05, 0.1) is 7.11 Å². The SMILES string of the molecule is COc1ccc(Br)cc1/C=C/C(=O)N1CCN(C(=O)c2ccccc2)CC1. The molecule has 1 fully saturated rings. The van der Waals surface area contributed by atoms with Crippen molar-refractivity contribution in [3.8, 4) is 5.75 Å². The number of piperazine rings is 1. The molecule has 0 radical (unpaired) electrons. The monoisotopic (exact) mass is 428 g/mol. The van der Waals surface area contributed by atoms with Crippen molar-refractivity contribution in [2.45, 2.75) is 0 Å². The van der Waals surface area contributed by atoms with E-state index < -0.39 is 0 Å². The van der Waals surface area contributed by atoms with Crippen LogP contribution in [0.15, 0.2) is 59.1 Å². The smallest absolute Gasteiger partial charge is 0.253 e. The Morgan fingerprint density at radius 3 is 2.33 bits per heavy atom.